The Balaban J connectivity index is 2.24. The molecule has 0 aliphatic carbocycles. The van der Waals surface area contributed by atoms with E-state index in [4.69, 9.17) is 0 Å². The molecule has 0 saturated carbocycles. The van der Waals surface area contributed by atoms with Crippen molar-refractivity contribution in [3.63, 3.8) is 0 Å². The van der Waals surface area contributed by atoms with Crippen LogP contribution in [0, 0.1) is 10.8 Å². The van der Waals surface area contributed by atoms with E-state index in [0.717, 1.165) is 32.2 Å². The molecule has 0 spiro atoms. The van der Waals surface area contributed by atoms with Crippen molar-refractivity contribution >= 4 is 11.9 Å². The van der Waals surface area contributed by atoms with Gasteiger partial charge in [0.25, 0.3) is 0 Å². The molecule has 0 radical (unpaired) electrons. The first-order valence-corrected chi connectivity index (χ1v) is 7.53. The van der Waals surface area contributed by atoms with E-state index in [1.807, 2.05) is 20.8 Å². The maximum absolute atomic E-state index is 12.9. The van der Waals surface area contributed by atoms with E-state index in [-0.39, 0.29) is 11.3 Å². The standard InChI is InChI=1S/C15H26N2O3/c1-14(2)6-5-9-17(11(14)12(18)19)13(20)15(3)7-4-8-16-10-15/h11,16H,4-10H2,1-3H3,(H,18,19). The van der Waals surface area contributed by atoms with Crippen molar-refractivity contribution < 1.29 is 14.7 Å². The Bertz CT molecular complexity index is 400. The van der Waals surface area contributed by atoms with Crippen molar-refractivity contribution in [2.45, 2.75) is 52.5 Å². The average molecular weight is 282 g/mol. The van der Waals surface area contributed by atoms with Gasteiger partial charge in [-0.15, -0.1) is 0 Å². The highest BCUT2D eigenvalue weighted by Gasteiger charge is 2.48. The van der Waals surface area contributed by atoms with Gasteiger partial charge in [-0.3, -0.25) is 4.79 Å². The molecule has 1 amide bonds. The van der Waals surface area contributed by atoms with Crippen molar-refractivity contribution in [2.75, 3.05) is 19.6 Å². The number of carboxylic acids is 1. The zero-order chi connectivity index (χ0) is 15.0. The largest absolute Gasteiger partial charge is 0.480 e. The van der Waals surface area contributed by atoms with Gasteiger partial charge in [-0.25, -0.2) is 4.79 Å². The fourth-order valence-electron chi connectivity index (χ4n) is 3.66. The first kappa shape index (κ1) is 15.3. The summed E-state index contributed by atoms with van der Waals surface area (Å²) >= 11 is 0. The quantitative estimate of drug-likeness (QED) is 0.805. The normalized spacial score (nSPS) is 33.8. The van der Waals surface area contributed by atoms with Crippen LogP contribution in [-0.4, -0.2) is 47.6 Å². The maximum Gasteiger partial charge on any atom is 0.326 e. The molecular weight excluding hydrogens is 256 g/mol. The smallest absolute Gasteiger partial charge is 0.326 e. The molecule has 2 atom stereocenters. The zero-order valence-corrected chi connectivity index (χ0v) is 12.7. The molecule has 5 heteroatoms. The molecule has 2 aliphatic rings. The van der Waals surface area contributed by atoms with Gasteiger partial charge in [0, 0.05) is 13.1 Å². The van der Waals surface area contributed by atoms with Gasteiger partial charge in [0.1, 0.15) is 6.04 Å². The van der Waals surface area contributed by atoms with Crippen LogP contribution < -0.4 is 5.32 Å². The molecule has 2 N–H and O–H groups in total. The van der Waals surface area contributed by atoms with E-state index in [2.05, 4.69) is 5.32 Å². The van der Waals surface area contributed by atoms with Crippen molar-refractivity contribution in [2.24, 2.45) is 10.8 Å². The Morgan fingerprint density at radius 3 is 2.45 bits per heavy atom. The van der Waals surface area contributed by atoms with E-state index < -0.39 is 17.4 Å². The number of aliphatic carboxylic acids is 1. The molecule has 0 bridgehead atoms. The Morgan fingerprint density at radius 2 is 1.90 bits per heavy atom. The molecule has 114 valence electrons. The van der Waals surface area contributed by atoms with Gasteiger partial charge in [0.05, 0.1) is 5.41 Å². The summed E-state index contributed by atoms with van der Waals surface area (Å²) in [7, 11) is 0. The van der Waals surface area contributed by atoms with Crippen LogP contribution in [0.25, 0.3) is 0 Å². The summed E-state index contributed by atoms with van der Waals surface area (Å²) in [6.07, 6.45) is 3.54. The molecule has 5 nitrogen and oxygen atoms in total. The zero-order valence-electron chi connectivity index (χ0n) is 12.7. The number of likely N-dealkylation sites (tertiary alicyclic amines) is 1. The van der Waals surface area contributed by atoms with Gasteiger partial charge >= 0.3 is 5.97 Å². The van der Waals surface area contributed by atoms with Gasteiger partial charge in [0.15, 0.2) is 0 Å². The van der Waals surface area contributed by atoms with Crippen LogP contribution in [-0.2, 0) is 9.59 Å². The fraction of sp³-hybridized carbons (Fsp3) is 0.867. The highest BCUT2D eigenvalue weighted by Crippen LogP contribution is 2.38. The number of carbonyl (C=O) groups excluding carboxylic acids is 1. The predicted molar refractivity (Wildman–Crippen MR) is 76.4 cm³/mol. The number of carbonyl (C=O) groups is 2. The fourth-order valence-corrected chi connectivity index (χ4v) is 3.66. The van der Waals surface area contributed by atoms with Crippen LogP contribution in [0.15, 0.2) is 0 Å². The summed E-state index contributed by atoms with van der Waals surface area (Å²) in [5, 5.41) is 12.8. The lowest BCUT2D eigenvalue weighted by molar-refractivity contribution is -0.164. The highest BCUT2D eigenvalue weighted by atomic mass is 16.4. The molecule has 2 aliphatic heterocycles. The Kier molecular flexibility index (Phi) is 4.09. The maximum atomic E-state index is 12.9. The van der Waals surface area contributed by atoms with E-state index in [1.165, 1.54) is 0 Å². The van der Waals surface area contributed by atoms with Crippen LogP contribution in [0.4, 0.5) is 0 Å². The van der Waals surface area contributed by atoms with Crippen molar-refractivity contribution in [3.05, 3.63) is 0 Å². The molecule has 0 aromatic carbocycles. The molecule has 0 aromatic rings. The number of rotatable bonds is 2. The molecule has 2 rings (SSSR count). The van der Waals surface area contributed by atoms with Crippen LogP contribution in [0.1, 0.15) is 46.5 Å². The third-order valence-electron chi connectivity index (χ3n) is 4.88. The molecular formula is C15H26N2O3. The number of hydrogen-bond acceptors (Lipinski definition) is 3. The minimum Gasteiger partial charge on any atom is -0.480 e. The molecule has 0 aromatic heterocycles. The number of piperidine rings is 2. The SMILES string of the molecule is CC1(C(=O)N2CCCC(C)(C)C2C(=O)O)CCCNC1. The summed E-state index contributed by atoms with van der Waals surface area (Å²) in [6, 6.07) is -0.706. The summed E-state index contributed by atoms with van der Waals surface area (Å²) in [4.78, 5) is 26.2. The van der Waals surface area contributed by atoms with Crippen molar-refractivity contribution in [3.8, 4) is 0 Å². The first-order chi connectivity index (χ1) is 9.28. The predicted octanol–water partition coefficient (Wildman–Crippen LogP) is 1.48. The van der Waals surface area contributed by atoms with Crippen LogP contribution >= 0.6 is 0 Å². The molecule has 2 fully saturated rings. The minimum absolute atomic E-state index is 0.00451. The second-order valence-corrected chi connectivity index (χ2v) is 7.17. The Hall–Kier alpha value is -1.10. The van der Waals surface area contributed by atoms with Crippen LogP contribution in [0.2, 0.25) is 0 Å². The number of nitrogens with zero attached hydrogens (tertiary/aromatic N) is 1. The molecule has 2 unspecified atom stereocenters. The number of carboxylic acid groups (broad SMARTS) is 1. The van der Waals surface area contributed by atoms with E-state index in [1.54, 1.807) is 4.90 Å². The van der Waals surface area contributed by atoms with E-state index in [0.29, 0.717) is 13.1 Å². The number of nitrogens with one attached hydrogen (secondary N) is 1. The molecule has 20 heavy (non-hydrogen) atoms. The Morgan fingerprint density at radius 1 is 1.20 bits per heavy atom. The van der Waals surface area contributed by atoms with E-state index >= 15 is 0 Å². The lowest BCUT2D eigenvalue weighted by Gasteiger charge is -2.47. The van der Waals surface area contributed by atoms with Gasteiger partial charge in [-0.05, 0) is 44.6 Å². The number of amides is 1. The summed E-state index contributed by atoms with van der Waals surface area (Å²) in [6.45, 7) is 8.02. The Labute approximate surface area is 120 Å². The molecule has 2 heterocycles. The highest BCUT2D eigenvalue weighted by molar-refractivity contribution is 5.88. The van der Waals surface area contributed by atoms with Crippen molar-refractivity contribution in [1.82, 2.24) is 10.2 Å². The monoisotopic (exact) mass is 282 g/mol. The summed E-state index contributed by atoms with van der Waals surface area (Å²) in [5.74, 6) is -0.875. The second kappa shape index (κ2) is 5.35. The number of hydrogen-bond donors (Lipinski definition) is 2. The first-order valence-electron chi connectivity index (χ1n) is 7.53. The van der Waals surface area contributed by atoms with Gasteiger partial charge in [0.2, 0.25) is 5.91 Å². The van der Waals surface area contributed by atoms with Crippen LogP contribution in [0.3, 0.4) is 0 Å². The summed E-state index contributed by atoms with van der Waals surface area (Å²) in [5.41, 5.74) is -0.822. The summed E-state index contributed by atoms with van der Waals surface area (Å²) < 4.78 is 0. The van der Waals surface area contributed by atoms with Gasteiger partial charge in [-0.2, -0.15) is 0 Å². The van der Waals surface area contributed by atoms with Gasteiger partial charge in [-0.1, -0.05) is 13.8 Å². The average Bonchev–Trinajstić information content (AvgIpc) is 2.36. The third kappa shape index (κ3) is 2.68. The molecule has 2 saturated heterocycles. The van der Waals surface area contributed by atoms with E-state index in [9.17, 15) is 14.7 Å². The minimum atomic E-state index is -0.879. The topological polar surface area (TPSA) is 69.6 Å². The third-order valence-corrected chi connectivity index (χ3v) is 4.88. The van der Waals surface area contributed by atoms with Crippen LogP contribution in [0.5, 0.6) is 0 Å². The lowest BCUT2D eigenvalue weighted by atomic mass is 9.74. The lowest BCUT2D eigenvalue weighted by Crippen LogP contribution is -2.61. The van der Waals surface area contributed by atoms with Gasteiger partial charge < -0.3 is 15.3 Å². The van der Waals surface area contributed by atoms with Crippen molar-refractivity contribution in [1.29, 1.82) is 0 Å². The second-order valence-electron chi connectivity index (χ2n) is 7.17.